The minimum atomic E-state index is -4.71. The number of aliphatic carboxylic acids is 1. The Morgan fingerprint density at radius 2 is 1.83 bits per heavy atom. The molecule has 0 saturated heterocycles. The second kappa shape index (κ2) is 12.9. The molecule has 13 heteroatoms. The van der Waals surface area contributed by atoms with Crippen LogP contribution in [0.25, 0.3) is 27.8 Å². The third-order valence-corrected chi connectivity index (χ3v) is 7.16. The molecule has 0 bridgehead atoms. The van der Waals surface area contributed by atoms with E-state index < -0.39 is 40.3 Å². The molecule has 0 aliphatic carbocycles. The number of carboxylic acid groups (broad SMARTS) is 1. The van der Waals surface area contributed by atoms with Crippen LogP contribution in [0.1, 0.15) is 22.8 Å². The van der Waals surface area contributed by atoms with Gasteiger partial charge in [-0.15, -0.1) is 0 Å². The van der Waals surface area contributed by atoms with Gasteiger partial charge in [-0.1, -0.05) is 55.1 Å². The van der Waals surface area contributed by atoms with Crippen LogP contribution in [0.15, 0.2) is 83.0 Å². The zero-order valence-corrected chi connectivity index (χ0v) is 23.3. The molecule has 1 atom stereocenters. The van der Waals surface area contributed by atoms with E-state index in [1.807, 2.05) is 36.4 Å². The van der Waals surface area contributed by atoms with Crippen molar-refractivity contribution in [2.75, 3.05) is 12.9 Å². The van der Waals surface area contributed by atoms with E-state index >= 15 is 0 Å². The molecule has 0 fully saturated rings. The topological polar surface area (TPSA) is 126 Å². The predicted molar refractivity (Wildman–Crippen MR) is 156 cm³/mol. The first-order valence-corrected chi connectivity index (χ1v) is 13.6. The number of hydrazone groups is 1. The highest BCUT2D eigenvalue weighted by atomic mass is 32.2. The van der Waals surface area contributed by atoms with Crippen molar-refractivity contribution < 1.29 is 27.9 Å². The van der Waals surface area contributed by atoms with Crippen molar-refractivity contribution in [3.63, 3.8) is 0 Å². The van der Waals surface area contributed by atoms with Gasteiger partial charge >= 0.3 is 12.1 Å². The Hall–Kier alpha value is -4.65. The molecular weight excluding hydrogens is 571 g/mol. The Kier molecular flexibility index (Phi) is 9.31. The number of nitrogens with zero attached hydrogens (tertiary/aromatic N) is 3. The smallest absolute Gasteiger partial charge is 0.441 e. The van der Waals surface area contributed by atoms with Crippen LogP contribution in [-0.4, -0.2) is 50.7 Å². The van der Waals surface area contributed by atoms with Crippen LogP contribution in [0.3, 0.4) is 0 Å². The Bertz CT molecular complexity index is 1700. The fourth-order valence-corrected chi connectivity index (χ4v) is 4.83. The summed E-state index contributed by atoms with van der Waals surface area (Å²) >= 11 is 0.271. The molecule has 1 unspecified atom stereocenters. The molecule has 2 aromatic carbocycles. The average Bonchev–Trinajstić information content (AvgIpc) is 2.97. The third kappa shape index (κ3) is 6.97. The van der Waals surface area contributed by atoms with Gasteiger partial charge in [-0.05, 0) is 47.4 Å². The van der Waals surface area contributed by atoms with Gasteiger partial charge in [0.05, 0.1) is 17.2 Å². The first-order chi connectivity index (χ1) is 20.0. The van der Waals surface area contributed by atoms with E-state index in [0.29, 0.717) is 17.8 Å². The van der Waals surface area contributed by atoms with Gasteiger partial charge in [-0.2, -0.15) is 18.3 Å². The van der Waals surface area contributed by atoms with Gasteiger partial charge in [-0.25, -0.2) is 4.98 Å². The van der Waals surface area contributed by atoms with Gasteiger partial charge < -0.3 is 20.4 Å². The Balaban J connectivity index is 1.66. The standard InChI is InChI=1S/C29H26F3N5O4S/c1-17(27(40)41)13-18-8-10-19(11-9-18)20-5-3-6-21(14-20)37-15-23(24(38)22-7-4-12-34-25(22)37)26(39)35-16-42-28(36-33-2)29(30,31)32/h3-12,14-15,17,33H,13,16H2,1-2H3,(H,35,39)(H,40,41)/b36-28-. The fourth-order valence-electron chi connectivity index (χ4n) is 4.17. The summed E-state index contributed by atoms with van der Waals surface area (Å²) in [5.74, 6) is -2.70. The molecule has 4 rings (SSSR count). The number of benzene rings is 2. The summed E-state index contributed by atoms with van der Waals surface area (Å²) in [5, 5.41) is 13.7. The summed E-state index contributed by atoms with van der Waals surface area (Å²) in [6, 6.07) is 17.9. The number of alkyl halides is 3. The molecule has 1 amide bonds. The van der Waals surface area contributed by atoms with Gasteiger partial charge in [0.25, 0.3) is 5.91 Å². The van der Waals surface area contributed by atoms with Crippen molar-refractivity contribution in [3.05, 3.63) is 94.4 Å². The maximum absolute atomic E-state index is 13.2. The van der Waals surface area contributed by atoms with Crippen LogP contribution < -0.4 is 16.2 Å². The van der Waals surface area contributed by atoms with E-state index in [1.54, 1.807) is 29.7 Å². The fraction of sp³-hybridized carbons (Fsp3) is 0.207. The second-order valence-corrected chi connectivity index (χ2v) is 10.2. The number of hydrogen-bond acceptors (Lipinski definition) is 7. The molecule has 0 aliphatic rings. The quantitative estimate of drug-likeness (QED) is 0.109. The highest BCUT2D eigenvalue weighted by molar-refractivity contribution is 8.14. The molecule has 0 radical (unpaired) electrons. The number of carbonyl (C=O) groups is 2. The SMILES string of the molecule is CN/N=C(\SCNC(=O)c1cn(-c2cccc(-c3ccc(CC(C)C(=O)O)cc3)c2)c2ncccc2c1=O)C(F)(F)F. The lowest BCUT2D eigenvalue weighted by atomic mass is 9.98. The zero-order chi connectivity index (χ0) is 30.4. The van der Waals surface area contributed by atoms with Crippen molar-refractivity contribution in [2.24, 2.45) is 11.0 Å². The summed E-state index contributed by atoms with van der Waals surface area (Å²) in [6.45, 7) is 1.65. The van der Waals surface area contributed by atoms with E-state index in [0.717, 1.165) is 16.7 Å². The van der Waals surface area contributed by atoms with E-state index in [9.17, 15) is 32.7 Å². The maximum atomic E-state index is 13.2. The summed E-state index contributed by atoms with van der Waals surface area (Å²) in [4.78, 5) is 41.7. The molecule has 0 saturated carbocycles. The van der Waals surface area contributed by atoms with Gasteiger partial charge in [0.2, 0.25) is 5.43 Å². The maximum Gasteiger partial charge on any atom is 0.441 e. The number of nitrogens with one attached hydrogen (secondary N) is 2. The highest BCUT2D eigenvalue weighted by Gasteiger charge is 2.36. The normalized spacial score (nSPS) is 12.6. The van der Waals surface area contributed by atoms with Crippen LogP contribution in [-0.2, 0) is 11.2 Å². The summed E-state index contributed by atoms with van der Waals surface area (Å²) < 4.78 is 40.9. The number of halogens is 3. The summed E-state index contributed by atoms with van der Waals surface area (Å²) in [6.07, 6.45) is -1.48. The molecule has 42 heavy (non-hydrogen) atoms. The minimum Gasteiger partial charge on any atom is -0.481 e. The van der Waals surface area contributed by atoms with Crippen molar-refractivity contribution in [1.82, 2.24) is 20.3 Å². The molecule has 3 N–H and O–H groups in total. The van der Waals surface area contributed by atoms with Crippen molar-refractivity contribution in [2.45, 2.75) is 19.5 Å². The van der Waals surface area contributed by atoms with Crippen LogP contribution in [0.5, 0.6) is 0 Å². The van der Waals surface area contributed by atoms with Crippen molar-refractivity contribution >= 4 is 39.7 Å². The predicted octanol–water partition coefficient (Wildman–Crippen LogP) is 4.83. The number of rotatable bonds is 9. The Morgan fingerprint density at radius 1 is 1.10 bits per heavy atom. The number of aromatic nitrogens is 2. The number of fused-ring (bicyclic) bond motifs is 1. The number of carbonyl (C=O) groups excluding carboxylic acids is 1. The van der Waals surface area contributed by atoms with Crippen LogP contribution in [0, 0.1) is 5.92 Å². The van der Waals surface area contributed by atoms with E-state index in [-0.39, 0.29) is 22.7 Å². The summed E-state index contributed by atoms with van der Waals surface area (Å²) in [7, 11) is 1.23. The lowest BCUT2D eigenvalue weighted by molar-refractivity contribution is -0.141. The second-order valence-electron chi connectivity index (χ2n) is 9.24. The minimum absolute atomic E-state index is 0.160. The van der Waals surface area contributed by atoms with Gasteiger partial charge in [0.15, 0.2) is 5.04 Å². The average molecular weight is 598 g/mol. The molecule has 218 valence electrons. The van der Waals surface area contributed by atoms with E-state index in [1.165, 1.54) is 25.5 Å². The zero-order valence-electron chi connectivity index (χ0n) is 22.5. The molecule has 0 spiro atoms. The van der Waals surface area contributed by atoms with Crippen molar-refractivity contribution in [1.29, 1.82) is 0 Å². The van der Waals surface area contributed by atoms with Gasteiger partial charge in [0, 0.05) is 25.1 Å². The third-order valence-electron chi connectivity index (χ3n) is 6.28. The Morgan fingerprint density at radius 3 is 2.50 bits per heavy atom. The summed E-state index contributed by atoms with van der Waals surface area (Å²) in [5.41, 5.74) is 4.65. The first-order valence-electron chi connectivity index (χ1n) is 12.6. The lowest BCUT2D eigenvalue weighted by Crippen LogP contribution is -2.31. The molecule has 0 aliphatic heterocycles. The number of carboxylic acids is 1. The molecule has 9 nitrogen and oxygen atoms in total. The number of hydrogen-bond donors (Lipinski definition) is 3. The van der Waals surface area contributed by atoms with Gasteiger partial charge in [0.1, 0.15) is 11.2 Å². The first kappa shape index (κ1) is 30.3. The number of pyridine rings is 2. The van der Waals surface area contributed by atoms with E-state index in [2.05, 4.69) is 20.8 Å². The van der Waals surface area contributed by atoms with Crippen LogP contribution in [0.4, 0.5) is 13.2 Å². The van der Waals surface area contributed by atoms with Crippen LogP contribution >= 0.6 is 11.8 Å². The lowest BCUT2D eigenvalue weighted by Gasteiger charge is -2.14. The van der Waals surface area contributed by atoms with Crippen LogP contribution in [0.2, 0.25) is 0 Å². The highest BCUT2D eigenvalue weighted by Crippen LogP contribution is 2.26. The van der Waals surface area contributed by atoms with Gasteiger partial charge in [-0.3, -0.25) is 14.4 Å². The molecule has 4 aromatic rings. The molecular formula is C29H26F3N5O4S. The van der Waals surface area contributed by atoms with E-state index in [4.69, 9.17) is 0 Å². The molecule has 2 heterocycles. The monoisotopic (exact) mass is 597 g/mol. The largest absolute Gasteiger partial charge is 0.481 e. The Labute approximate surface area is 242 Å². The number of thioether (sulfide) groups is 1. The number of amides is 1. The van der Waals surface area contributed by atoms with Crippen molar-refractivity contribution in [3.8, 4) is 16.8 Å². The molecule has 2 aromatic heterocycles.